The van der Waals surface area contributed by atoms with Crippen LogP contribution in [0.1, 0.15) is 37.1 Å². The maximum absolute atomic E-state index is 11.9. The number of H-pyrrole nitrogens is 1. The van der Waals surface area contributed by atoms with Gasteiger partial charge in [-0.25, -0.2) is 4.98 Å². The van der Waals surface area contributed by atoms with E-state index in [1.807, 2.05) is 23.6 Å². The summed E-state index contributed by atoms with van der Waals surface area (Å²) < 4.78 is 0.707. The summed E-state index contributed by atoms with van der Waals surface area (Å²) in [6, 6.07) is 7.59. The van der Waals surface area contributed by atoms with E-state index in [9.17, 15) is 4.79 Å². The summed E-state index contributed by atoms with van der Waals surface area (Å²) >= 11 is 13.4. The smallest absolute Gasteiger partial charge is 0.268 e. The molecule has 1 aromatic carbocycles. The van der Waals surface area contributed by atoms with Crippen LogP contribution < -0.4 is 5.56 Å². The highest BCUT2D eigenvalue weighted by Crippen LogP contribution is 2.21. The molecule has 0 radical (unpaired) electrons. The van der Waals surface area contributed by atoms with Gasteiger partial charge in [0.1, 0.15) is 10.5 Å². The van der Waals surface area contributed by atoms with E-state index in [1.54, 1.807) is 6.07 Å². The summed E-state index contributed by atoms with van der Waals surface area (Å²) in [5, 5.41) is 3.28. The third kappa shape index (κ3) is 4.59. The van der Waals surface area contributed by atoms with Gasteiger partial charge in [0.2, 0.25) is 0 Å². The van der Waals surface area contributed by atoms with Crippen LogP contribution in [0.3, 0.4) is 0 Å². The van der Waals surface area contributed by atoms with Gasteiger partial charge in [0.25, 0.3) is 5.56 Å². The van der Waals surface area contributed by atoms with Crippen LogP contribution >= 0.6 is 34.5 Å². The summed E-state index contributed by atoms with van der Waals surface area (Å²) in [7, 11) is 0. The predicted molar refractivity (Wildman–Crippen MR) is 103 cm³/mol. The third-order valence-corrected chi connectivity index (χ3v) is 5.25. The molecule has 24 heavy (non-hydrogen) atoms. The van der Waals surface area contributed by atoms with E-state index in [2.05, 4.69) is 9.97 Å². The van der Waals surface area contributed by atoms with Crippen molar-refractivity contribution in [3.63, 3.8) is 0 Å². The normalized spacial score (nSPS) is 11.2. The van der Waals surface area contributed by atoms with E-state index >= 15 is 0 Å². The molecule has 0 atom stereocenters. The lowest BCUT2D eigenvalue weighted by Gasteiger charge is -2.04. The molecule has 0 saturated heterocycles. The Bertz CT molecular complexity index is 868. The molecule has 2 aromatic heterocycles. The Hall–Kier alpha value is -1.36. The van der Waals surface area contributed by atoms with E-state index < -0.39 is 0 Å². The molecule has 0 amide bonds. The maximum Gasteiger partial charge on any atom is 0.268 e. The zero-order chi connectivity index (χ0) is 16.9. The van der Waals surface area contributed by atoms with Gasteiger partial charge in [-0.1, -0.05) is 36.0 Å². The molecule has 0 saturated carbocycles. The first-order chi connectivity index (χ1) is 11.6. The average molecular weight is 381 g/mol. The lowest BCUT2D eigenvalue weighted by atomic mass is 10.1. The van der Waals surface area contributed by atoms with Gasteiger partial charge in [0.15, 0.2) is 0 Å². The van der Waals surface area contributed by atoms with Crippen LogP contribution in [-0.4, -0.2) is 9.97 Å². The first-order valence-corrected chi connectivity index (χ1v) is 9.67. The molecule has 6 heteroatoms. The van der Waals surface area contributed by atoms with Crippen LogP contribution in [-0.2, 0) is 12.8 Å². The summed E-state index contributed by atoms with van der Waals surface area (Å²) in [4.78, 5) is 19.3. The van der Waals surface area contributed by atoms with Gasteiger partial charge < -0.3 is 4.98 Å². The van der Waals surface area contributed by atoms with Crippen molar-refractivity contribution in [2.45, 2.75) is 38.5 Å². The third-order valence-electron chi connectivity index (χ3n) is 3.92. The number of hydrogen-bond acceptors (Lipinski definition) is 3. The first-order valence-electron chi connectivity index (χ1n) is 8.03. The zero-order valence-electron chi connectivity index (χ0n) is 13.1. The fourth-order valence-electron chi connectivity index (χ4n) is 2.77. The minimum absolute atomic E-state index is 0.0252. The van der Waals surface area contributed by atoms with Crippen LogP contribution in [0.2, 0.25) is 10.0 Å². The number of aryl methyl sites for hydroxylation is 2. The first kappa shape index (κ1) is 17.5. The second-order valence-electron chi connectivity index (χ2n) is 5.84. The SMILES string of the molecule is O=c1[nH]c(CCCCCCc2cc(Cl)cc(Cl)c2)nc2ccsc12. The summed E-state index contributed by atoms with van der Waals surface area (Å²) in [5.74, 6) is 0.785. The van der Waals surface area contributed by atoms with Crippen molar-refractivity contribution >= 4 is 44.8 Å². The molecule has 3 rings (SSSR count). The standard InChI is InChI=1S/C18H18Cl2N2OS/c19-13-9-12(10-14(20)11-13)5-3-1-2-4-6-16-21-15-7-8-24-17(15)18(23)22-16/h7-11H,1-6H2,(H,21,22,23). The molecule has 0 aliphatic heterocycles. The van der Waals surface area contributed by atoms with Crippen LogP contribution in [0.5, 0.6) is 0 Å². The summed E-state index contributed by atoms with van der Waals surface area (Å²) in [6.07, 6.45) is 6.16. The van der Waals surface area contributed by atoms with Crippen molar-refractivity contribution in [2.24, 2.45) is 0 Å². The molecule has 1 N–H and O–H groups in total. The number of unbranched alkanes of at least 4 members (excludes halogenated alkanes) is 3. The fourth-order valence-corrected chi connectivity index (χ4v) is 4.07. The molecule has 0 unspecified atom stereocenters. The molecule has 2 heterocycles. The number of aromatic amines is 1. The number of benzene rings is 1. The molecular weight excluding hydrogens is 363 g/mol. The van der Waals surface area contributed by atoms with Crippen LogP contribution in [0, 0.1) is 0 Å². The minimum Gasteiger partial charge on any atom is -0.309 e. The van der Waals surface area contributed by atoms with Crippen LogP contribution in [0.4, 0.5) is 0 Å². The Morgan fingerprint density at radius 2 is 1.71 bits per heavy atom. The molecule has 0 fully saturated rings. The number of aromatic nitrogens is 2. The maximum atomic E-state index is 11.9. The molecule has 126 valence electrons. The number of halogens is 2. The zero-order valence-corrected chi connectivity index (χ0v) is 15.5. The molecule has 3 nitrogen and oxygen atoms in total. The van der Waals surface area contributed by atoms with Gasteiger partial charge >= 0.3 is 0 Å². The average Bonchev–Trinajstić information content (AvgIpc) is 2.99. The van der Waals surface area contributed by atoms with Crippen LogP contribution in [0.25, 0.3) is 10.2 Å². The highest BCUT2D eigenvalue weighted by molar-refractivity contribution is 7.17. The number of hydrogen-bond donors (Lipinski definition) is 1. The Morgan fingerprint density at radius 3 is 2.46 bits per heavy atom. The monoisotopic (exact) mass is 380 g/mol. The number of nitrogens with one attached hydrogen (secondary N) is 1. The van der Waals surface area contributed by atoms with E-state index in [0.29, 0.717) is 14.7 Å². The molecule has 0 aliphatic carbocycles. The Balaban J connectivity index is 1.42. The summed E-state index contributed by atoms with van der Waals surface area (Å²) in [6.45, 7) is 0. The molecule has 0 bridgehead atoms. The fraction of sp³-hybridized carbons (Fsp3) is 0.333. The van der Waals surface area contributed by atoms with Gasteiger partial charge in [-0.2, -0.15) is 0 Å². The second-order valence-corrected chi connectivity index (χ2v) is 7.63. The minimum atomic E-state index is -0.0252. The van der Waals surface area contributed by atoms with Gasteiger partial charge in [-0.3, -0.25) is 4.79 Å². The molecule has 3 aromatic rings. The highest BCUT2D eigenvalue weighted by Gasteiger charge is 2.05. The van der Waals surface area contributed by atoms with Gasteiger partial charge in [-0.15, -0.1) is 11.3 Å². The topological polar surface area (TPSA) is 45.8 Å². The number of fused-ring (bicyclic) bond motifs is 1. The number of thiophene rings is 1. The quantitative estimate of drug-likeness (QED) is 0.539. The van der Waals surface area contributed by atoms with Crippen molar-refractivity contribution in [1.82, 2.24) is 9.97 Å². The largest absolute Gasteiger partial charge is 0.309 e. The van der Waals surface area contributed by atoms with E-state index in [0.717, 1.165) is 49.9 Å². The van der Waals surface area contributed by atoms with Gasteiger partial charge in [0, 0.05) is 16.5 Å². The van der Waals surface area contributed by atoms with Crippen molar-refractivity contribution in [3.8, 4) is 0 Å². The van der Waals surface area contributed by atoms with Crippen molar-refractivity contribution in [3.05, 3.63) is 61.4 Å². The lowest BCUT2D eigenvalue weighted by Crippen LogP contribution is -2.10. The van der Waals surface area contributed by atoms with E-state index in [1.165, 1.54) is 16.9 Å². The number of nitrogens with zero attached hydrogens (tertiary/aromatic N) is 1. The summed E-state index contributed by atoms with van der Waals surface area (Å²) in [5.41, 5.74) is 1.96. The van der Waals surface area contributed by atoms with Crippen molar-refractivity contribution in [1.29, 1.82) is 0 Å². The Labute approximate surface area is 154 Å². The van der Waals surface area contributed by atoms with Gasteiger partial charge in [-0.05, 0) is 54.5 Å². The predicted octanol–water partition coefficient (Wildman–Crippen LogP) is 5.64. The van der Waals surface area contributed by atoms with E-state index in [-0.39, 0.29) is 5.56 Å². The van der Waals surface area contributed by atoms with E-state index in [4.69, 9.17) is 23.2 Å². The van der Waals surface area contributed by atoms with Crippen molar-refractivity contribution < 1.29 is 0 Å². The molecule has 0 aliphatic rings. The second kappa shape index (κ2) is 8.15. The molecular formula is C18H18Cl2N2OS. The Morgan fingerprint density at radius 1 is 1.00 bits per heavy atom. The lowest BCUT2D eigenvalue weighted by molar-refractivity contribution is 0.630. The molecule has 0 spiro atoms. The highest BCUT2D eigenvalue weighted by atomic mass is 35.5. The van der Waals surface area contributed by atoms with Gasteiger partial charge in [0.05, 0.1) is 5.52 Å². The number of rotatable bonds is 7. The van der Waals surface area contributed by atoms with Crippen molar-refractivity contribution in [2.75, 3.05) is 0 Å². The van der Waals surface area contributed by atoms with Crippen LogP contribution in [0.15, 0.2) is 34.4 Å². The Kier molecular flexibility index (Phi) is 5.93.